The fraction of sp³-hybridized carbons (Fsp3) is 0.714. The van der Waals surface area contributed by atoms with E-state index in [-0.39, 0.29) is 5.41 Å². The third kappa shape index (κ3) is 1.41. The number of nitrogens with zero attached hydrogens (tertiary/aromatic N) is 1. The molecule has 5 rings (SSSR count). The van der Waals surface area contributed by atoms with Crippen LogP contribution in [0.1, 0.15) is 53.9 Å². The summed E-state index contributed by atoms with van der Waals surface area (Å²) in [6.07, 6.45) is 7.80. The van der Waals surface area contributed by atoms with Crippen LogP contribution < -0.4 is 0 Å². The molecule has 0 spiro atoms. The summed E-state index contributed by atoms with van der Waals surface area (Å²) in [7, 11) is 0. The van der Waals surface area contributed by atoms with Crippen molar-refractivity contribution in [2.45, 2.75) is 43.9 Å². The van der Waals surface area contributed by atoms with Crippen LogP contribution in [0.15, 0.2) is 5.51 Å². The highest BCUT2D eigenvalue weighted by Gasteiger charge is 2.53. The van der Waals surface area contributed by atoms with E-state index < -0.39 is 5.97 Å². The van der Waals surface area contributed by atoms with Crippen molar-refractivity contribution in [3.8, 4) is 0 Å². The van der Waals surface area contributed by atoms with E-state index in [1.165, 1.54) is 38.5 Å². The molecule has 0 saturated heterocycles. The summed E-state index contributed by atoms with van der Waals surface area (Å²) in [5.41, 5.74) is 2.23. The molecule has 0 aromatic carbocycles. The van der Waals surface area contributed by atoms with Crippen molar-refractivity contribution in [1.82, 2.24) is 4.98 Å². The summed E-state index contributed by atoms with van der Waals surface area (Å²) in [6, 6.07) is 0. The summed E-state index contributed by atoms with van der Waals surface area (Å²) in [6.45, 7) is 0. The minimum absolute atomic E-state index is 0.170. The first-order valence-corrected chi connectivity index (χ1v) is 7.71. The zero-order valence-corrected chi connectivity index (χ0v) is 11.1. The lowest BCUT2D eigenvalue weighted by atomic mass is 9.49. The molecule has 0 atom stereocenters. The standard InChI is InChI=1S/C14H17NO2S/c16-13(17)11-12(18-7-15-11)14-4-8-1-9(5-14)3-10(2-8)6-14/h7-10H,1-6H2,(H,16,17). The second-order valence-corrected chi connectivity index (χ2v) is 7.39. The van der Waals surface area contributed by atoms with Gasteiger partial charge in [0.05, 0.1) is 5.51 Å². The minimum Gasteiger partial charge on any atom is -0.476 e. The molecule has 1 heterocycles. The molecule has 18 heavy (non-hydrogen) atoms. The molecule has 4 aliphatic carbocycles. The van der Waals surface area contributed by atoms with Crippen LogP contribution in [0.25, 0.3) is 0 Å². The second kappa shape index (κ2) is 3.56. The smallest absolute Gasteiger partial charge is 0.355 e. The van der Waals surface area contributed by atoms with E-state index in [0.717, 1.165) is 22.6 Å². The topological polar surface area (TPSA) is 50.2 Å². The Morgan fingerprint density at radius 3 is 2.28 bits per heavy atom. The van der Waals surface area contributed by atoms with Crippen molar-refractivity contribution < 1.29 is 9.90 Å². The van der Waals surface area contributed by atoms with Crippen LogP contribution in [0, 0.1) is 17.8 Å². The lowest BCUT2D eigenvalue weighted by molar-refractivity contribution is -0.00419. The van der Waals surface area contributed by atoms with Gasteiger partial charge in [0.2, 0.25) is 0 Å². The van der Waals surface area contributed by atoms with Gasteiger partial charge in [-0.2, -0.15) is 0 Å². The molecule has 0 unspecified atom stereocenters. The summed E-state index contributed by atoms with van der Waals surface area (Å²) >= 11 is 1.57. The van der Waals surface area contributed by atoms with Gasteiger partial charge in [-0.1, -0.05) is 0 Å². The predicted molar refractivity (Wildman–Crippen MR) is 68.9 cm³/mol. The quantitative estimate of drug-likeness (QED) is 0.890. The molecule has 4 fully saturated rings. The van der Waals surface area contributed by atoms with Gasteiger partial charge in [-0.3, -0.25) is 0 Å². The van der Waals surface area contributed by atoms with Gasteiger partial charge in [0.1, 0.15) is 0 Å². The van der Waals surface area contributed by atoms with Crippen molar-refractivity contribution in [2.24, 2.45) is 17.8 Å². The van der Waals surface area contributed by atoms with Crippen molar-refractivity contribution in [3.63, 3.8) is 0 Å². The van der Waals surface area contributed by atoms with Gasteiger partial charge in [0.25, 0.3) is 0 Å². The Bertz CT molecular complexity index is 472. The summed E-state index contributed by atoms with van der Waals surface area (Å²) in [5.74, 6) is 1.70. The van der Waals surface area contributed by atoms with E-state index in [1.54, 1.807) is 16.8 Å². The molecule has 0 aliphatic heterocycles. The maximum Gasteiger partial charge on any atom is 0.355 e. The Hall–Kier alpha value is -0.900. The average Bonchev–Trinajstić information content (AvgIpc) is 2.76. The van der Waals surface area contributed by atoms with Gasteiger partial charge in [0.15, 0.2) is 5.69 Å². The summed E-state index contributed by atoms with van der Waals surface area (Å²) in [5, 5.41) is 9.30. The summed E-state index contributed by atoms with van der Waals surface area (Å²) < 4.78 is 0. The third-order valence-electron chi connectivity index (χ3n) is 5.29. The number of carboxylic acids is 1. The Morgan fingerprint density at radius 1 is 1.22 bits per heavy atom. The minimum atomic E-state index is -0.845. The molecule has 1 aromatic heterocycles. The van der Waals surface area contributed by atoms with E-state index in [0.29, 0.717) is 5.69 Å². The SMILES string of the molecule is O=C(O)c1ncsc1C12CC3CC(CC(C3)C1)C2. The number of hydrogen-bond donors (Lipinski definition) is 1. The highest BCUT2D eigenvalue weighted by atomic mass is 32.1. The van der Waals surface area contributed by atoms with Crippen molar-refractivity contribution in [3.05, 3.63) is 16.1 Å². The monoisotopic (exact) mass is 263 g/mol. The number of carbonyl (C=O) groups is 1. The van der Waals surface area contributed by atoms with E-state index in [2.05, 4.69) is 4.98 Å². The van der Waals surface area contributed by atoms with Gasteiger partial charge >= 0.3 is 5.97 Å². The van der Waals surface area contributed by atoms with Gasteiger partial charge in [-0.25, -0.2) is 9.78 Å². The van der Waals surface area contributed by atoms with Crippen LogP contribution in [-0.2, 0) is 5.41 Å². The van der Waals surface area contributed by atoms with Crippen molar-refractivity contribution in [1.29, 1.82) is 0 Å². The van der Waals surface area contributed by atoms with E-state index >= 15 is 0 Å². The number of aromatic carboxylic acids is 1. The zero-order chi connectivity index (χ0) is 12.3. The highest BCUT2D eigenvalue weighted by Crippen LogP contribution is 2.61. The zero-order valence-electron chi connectivity index (χ0n) is 10.3. The van der Waals surface area contributed by atoms with Gasteiger partial charge < -0.3 is 5.11 Å². The Balaban J connectivity index is 1.79. The Morgan fingerprint density at radius 2 is 1.78 bits per heavy atom. The van der Waals surface area contributed by atoms with E-state index in [9.17, 15) is 9.90 Å². The van der Waals surface area contributed by atoms with Crippen molar-refractivity contribution >= 4 is 17.3 Å². The van der Waals surface area contributed by atoms with Crippen LogP contribution >= 0.6 is 11.3 Å². The molecule has 1 aromatic rings. The van der Waals surface area contributed by atoms with Crippen LogP contribution in [-0.4, -0.2) is 16.1 Å². The Kier molecular flexibility index (Phi) is 2.17. The summed E-state index contributed by atoms with van der Waals surface area (Å²) in [4.78, 5) is 16.5. The molecular formula is C14H17NO2S. The lowest BCUT2D eigenvalue weighted by Gasteiger charge is -2.56. The first-order chi connectivity index (χ1) is 8.66. The van der Waals surface area contributed by atoms with Crippen molar-refractivity contribution in [2.75, 3.05) is 0 Å². The average molecular weight is 263 g/mol. The lowest BCUT2D eigenvalue weighted by Crippen LogP contribution is -2.48. The molecular weight excluding hydrogens is 246 g/mol. The largest absolute Gasteiger partial charge is 0.476 e. The van der Waals surface area contributed by atoms with Crippen LogP contribution in [0.2, 0.25) is 0 Å². The number of carboxylic acid groups (broad SMARTS) is 1. The Labute approximate surface area is 110 Å². The fourth-order valence-electron chi connectivity index (χ4n) is 5.16. The number of rotatable bonds is 2. The highest BCUT2D eigenvalue weighted by molar-refractivity contribution is 7.10. The molecule has 4 bridgehead atoms. The van der Waals surface area contributed by atoms with Gasteiger partial charge in [-0.15, -0.1) is 11.3 Å². The first kappa shape index (κ1) is 11.0. The maximum atomic E-state index is 11.3. The molecule has 4 saturated carbocycles. The van der Waals surface area contributed by atoms with E-state index in [1.807, 2.05) is 0 Å². The van der Waals surface area contributed by atoms with Gasteiger partial charge in [-0.05, 0) is 56.3 Å². The molecule has 1 N–H and O–H groups in total. The normalized spacial score (nSPS) is 41.2. The van der Waals surface area contributed by atoms with Crippen LogP contribution in [0.5, 0.6) is 0 Å². The first-order valence-electron chi connectivity index (χ1n) is 6.83. The number of hydrogen-bond acceptors (Lipinski definition) is 3. The molecule has 0 radical (unpaired) electrons. The molecule has 4 heteroatoms. The second-order valence-electron chi connectivity index (χ2n) is 6.53. The van der Waals surface area contributed by atoms with Crippen LogP contribution in [0.3, 0.4) is 0 Å². The predicted octanol–water partition coefficient (Wildman–Crippen LogP) is 3.31. The molecule has 4 aliphatic rings. The molecule has 96 valence electrons. The van der Waals surface area contributed by atoms with E-state index in [4.69, 9.17) is 0 Å². The number of aromatic nitrogens is 1. The number of thiazole rings is 1. The van der Waals surface area contributed by atoms with Gasteiger partial charge in [0, 0.05) is 10.3 Å². The fourth-order valence-corrected chi connectivity index (χ4v) is 6.18. The van der Waals surface area contributed by atoms with Crippen LogP contribution in [0.4, 0.5) is 0 Å². The third-order valence-corrected chi connectivity index (χ3v) is 6.36. The maximum absolute atomic E-state index is 11.3. The molecule has 3 nitrogen and oxygen atoms in total. The molecule has 0 amide bonds.